The lowest BCUT2D eigenvalue weighted by Crippen LogP contribution is -1.93. The molecular formula is C12H8Cl3NO. The van der Waals surface area contributed by atoms with Crippen molar-refractivity contribution in [2.75, 3.05) is 0 Å². The molecule has 1 aromatic carbocycles. The second kappa shape index (κ2) is 5.23. The van der Waals surface area contributed by atoms with E-state index in [1.807, 2.05) is 6.07 Å². The molecule has 2 rings (SSSR count). The first-order valence-corrected chi connectivity index (χ1v) is 5.97. The van der Waals surface area contributed by atoms with E-state index < -0.39 is 0 Å². The van der Waals surface area contributed by atoms with Crippen molar-refractivity contribution in [3.05, 3.63) is 51.2 Å². The second-order valence-corrected chi connectivity index (χ2v) is 4.54. The Balaban J connectivity index is 2.65. The van der Waals surface area contributed by atoms with Crippen LogP contribution in [0.15, 0.2) is 30.5 Å². The van der Waals surface area contributed by atoms with E-state index in [0.29, 0.717) is 26.3 Å². The SMILES string of the molecule is OCc1ncccc1-c1ccc(Cl)c(Cl)c1Cl. The zero-order chi connectivity index (χ0) is 12.4. The third kappa shape index (κ3) is 2.40. The van der Waals surface area contributed by atoms with Crippen LogP contribution in [0.3, 0.4) is 0 Å². The van der Waals surface area contributed by atoms with Crippen molar-refractivity contribution in [1.82, 2.24) is 4.98 Å². The molecule has 0 atom stereocenters. The van der Waals surface area contributed by atoms with E-state index in [4.69, 9.17) is 34.8 Å². The summed E-state index contributed by atoms with van der Waals surface area (Å²) in [5.41, 5.74) is 2.00. The lowest BCUT2D eigenvalue weighted by atomic mass is 10.0. The van der Waals surface area contributed by atoms with Crippen molar-refractivity contribution in [3.8, 4) is 11.1 Å². The van der Waals surface area contributed by atoms with Crippen LogP contribution in [0.1, 0.15) is 5.69 Å². The number of hydrogen-bond donors (Lipinski definition) is 1. The average molecular weight is 289 g/mol. The quantitative estimate of drug-likeness (QED) is 0.840. The Morgan fingerprint density at radius 2 is 1.76 bits per heavy atom. The third-order valence-electron chi connectivity index (χ3n) is 2.37. The topological polar surface area (TPSA) is 33.1 Å². The first-order chi connectivity index (χ1) is 8.15. The van der Waals surface area contributed by atoms with Crippen molar-refractivity contribution in [1.29, 1.82) is 0 Å². The van der Waals surface area contributed by atoms with Gasteiger partial charge in [-0.3, -0.25) is 4.98 Å². The molecule has 0 aliphatic carbocycles. The van der Waals surface area contributed by atoms with Gasteiger partial charge in [-0.15, -0.1) is 0 Å². The van der Waals surface area contributed by atoms with Gasteiger partial charge in [0.05, 0.1) is 27.4 Å². The highest BCUT2D eigenvalue weighted by atomic mass is 35.5. The second-order valence-electron chi connectivity index (χ2n) is 3.38. The van der Waals surface area contributed by atoms with Gasteiger partial charge in [-0.05, 0) is 12.1 Å². The molecule has 0 saturated heterocycles. The molecular weight excluding hydrogens is 280 g/mol. The Kier molecular flexibility index (Phi) is 3.89. The maximum atomic E-state index is 9.23. The van der Waals surface area contributed by atoms with Crippen LogP contribution in [-0.2, 0) is 6.61 Å². The van der Waals surface area contributed by atoms with E-state index in [0.717, 1.165) is 5.56 Å². The van der Waals surface area contributed by atoms with Gasteiger partial charge in [-0.1, -0.05) is 46.9 Å². The van der Waals surface area contributed by atoms with Gasteiger partial charge in [0.1, 0.15) is 0 Å². The smallest absolute Gasteiger partial charge is 0.0859 e. The minimum atomic E-state index is -0.160. The van der Waals surface area contributed by atoms with E-state index >= 15 is 0 Å². The fourth-order valence-corrected chi connectivity index (χ4v) is 2.18. The minimum absolute atomic E-state index is 0.160. The molecule has 17 heavy (non-hydrogen) atoms. The first-order valence-electron chi connectivity index (χ1n) is 4.83. The zero-order valence-corrected chi connectivity index (χ0v) is 10.9. The lowest BCUT2D eigenvalue weighted by Gasteiger charge is -2.10. The zero-order valence-electron chi connectivity index (χ0n) is 8.62. The van der Waals surface area contributed by atoms with Crippen LogP contribution < -0.4 is 0 Å². The van der Waals surface area contributed by atoms with Crippen LogP contribution in [-0.4, -0.2) is 10.1 Å². The summed E-state index contributed by atoms with van der Waals surface area (Å²) in [6, 6.07) is 7.02. The summed E-state index contributed by atoms with van der Waals surface area (Å²) in [6.07, 6.45) is 1.61. The number of halogens is 3. The molecule has 0 aliphatic rings. The van der Waals surface area contributed by atoms with E-state index in [9.17, 15) is 5.11 Å². The summed E-state index contributed by atoms with van der Waals surface area (Å²) in [4.78, 5) is 4.08. The molecule has 0 fully saturated rings. The van der Waals surface area contributed by atoms with Crippen molar-refractivity contribution in [2.45, 2.75) is 6.61 Å². The van der Waals surface area contributed by atoms with Gasteiger partial charge in [0.25, 0.3) is 0 Å². The predicted molar refractivity (Wildman–Crippen MR) is 70.6 cm³/mol. The number of rotatable bonds is 2. The summed E-state index contributed by atoms with van der Waals surface area (Å²) >= 11 is 18.0. The summed E-state index contributed by atoms with van der Waals surface area (Å²) < 4.78 is 0. The number of hydrogen-bond acceptors (Lipinski definition) is 2. The maximum absolute atomic E-state index is 9.23. The van der Waals surface area contributed by atoms with Gasteiger partial charge in [0.15, 0.2) is 0 Å². The molecule has 0 bridgehead atoms. The van der Waals surface area contributed by atoms with Crippen molar-refractivity contribution >= 4 is 34.8 Å². The molecule has 0 amide bonds. The number of aromatic nitrogens is 1. The lowest BCUT2D eigenvalue weighted by molar-refractivity contribution is 0.277. The van der Waals surface area contributed by atoms with Gasteiger partial charge in [0.2, 0.25) is 0 Å². The molecule has 2 aromatic rings. The molecule has 0 spiro atoms. The third-order valence-corrected chi connectivity index (χ3v) is 3.66. The van der Waals surface area contributed by atoms with Crippen molar-refractivity contribution in [3.63, 3.8) is 0 Å². The summed E-state index contributed by atoms with van der Waals surface area (Å²) in [5.74, 6) is 0. The number of pyridine rings is 1. The van der Waals surface area contributed by atoms with Crippen LogP contribution in [0.4, 0.5) is 0 Å². The standard InChI is InChI=1S/C12H8Cl3NO/c13-9-4-3-8(11(14)12(9)15)7-2-1-5-16-10(7)6-17/h1-5,17H,6H2. The molecule has 2 nitrogen and oxygen atoms in total. The molecule has 1 aromatic heterocycles. The van der Waals surface area contributed by atoms with Crippen LogP contribution in [0, 0.1) is 0 Å². The Labute approximate surface area is 114 Å². The van der Waals surface area contributed by atoms with Gasteiger partial charge in [0, 0.05) is 17.3 Å². The Bertz CT molecular complexity index is 557. The highest BCUT2D eigenvalue weighted by Gasteiger charge is 2.13. The summed E-state index contributed by atoms with van der Waals surface area (Å²) in [6.45, 7) is -0.160. The van der Waals surface area contributed by atoms with E-state index in [2.05, 4.69) is 4.98 Å². The molecule has 1 heterocycles. The van der Waals surface area contributed by atoms with Crippen molar-refractivity contribution < 1.29 is 5.11 Å². The fraction of sp³-hybridized carbons (Fsp3) is 0.0833. The number of aliphatic hydroxyl groups excluding tert-OH is 1. The Morgan fingerprint density at radius 1 is 1.00 bits per heavy atom. The Morgan fingerprint density at radius 3 is 2.47 bits per heavy atom. The van der Waals surface area contributed by atoms with Gasteiger partial charge < -0.3 is 5.11 Å². The van der Waals surface area contributed by atoms with Crippen LogP contribution in [0.25, 0.3) is 11.1 Å². The highest BCUT2D eigenvalue weighted by Crippen LogP contribution is 2.38. The predicted octanol–water partition coefficient (Wildman–Crippen LogP) is 4.20. The average Bonchev–Trinajstić information content (AvgIpc) is 2.36. The minimum Gasteiger partial charge on any atom is -0.390 e. The molecule has 0 aliphatic heterocycles. The summed E-state index contributed by atoms with van der Waals surface area (Å²) in [7, 11) is 0. The van der Waals surface area contributed by atoms with E-state index in [1.54, 1.807) is 24.4 Å². The van der Waals surface area contributed by atoms with Crippen LogP contribution >= 0.6 is 34.8 Å². The first kappa shape index (κ1) is 12.7. The van der Waals surface area contributed by atoms with E-state index in [1.165, 1.54) is 0 Å². The van der Waals surface area contributed by atoms with Gasteiger partial charge in [-0.2, -0.15) is 0 Å². The monoisotopic (exact) mass is 287 g/mol. The fourth-order valence-electron chi connectivity index (χ4n) is 1.54. The highest BCUT2D eigenvalue weighted by molar-refractivity contribution is 6.49. The summed E-state index contributed by atoms with van der Waals surface area (Å²) in [5, 5.41) is 10.3. The van der Waals surface area contributed by atoms with Crippen molar-refractivity contribution in [2.24, 2.45) is 0 Å². The molecule has 1 N–H and O–H groups in total. The van der Waals surface area contributed by atoms with Crippen LogP contribution in [0.5, 0.6) is 0 Å². The number of aliphatic hydroxyl groups is 1. The molecule has 0 radical (unpaired) electrons. The molecule has 0 saturated carbocycles. The van der Waals surface area contributed by atoms with E-state index in [-0.39, 0.29) is 6.61 Å². The molecule has 0 unspecified atom stereocenters. The largest absolute Gasteiger partial charge is 0.390 e. The normalized spacial score (nSPS) is 10.6. The molecule has 88 valence electrons. The molecule has 5 heteroatoms. The maximum Gasteiger partial charge on any atom is 0.0859 e. The van der Waals surface area contributed by atoms with Crippen LogP contribution in [0.2, 0.25) is 15.1 Å². The number of benzene rings is 1. The van der Waals surface area contributed by atoms with Gasteiger partial charge in [-0.25, -0.2) is 0 Å². The van der Waals surface area contributed by atoms with Gasteiger partial charge >= 0.3 is 0 Å². The number of nitrogens with zero attached hydrogens (tertiary/aromatic N) is 1. The Hall–Kier alpha value is -0.800.